The highest BCUT2D eigenvalue weighted by Gasteiger charge is 2.10. The summed E-state index contributed by atoms with van der Waals surface area (Å²) in [6.07, 6.45) is 0. The van der Waals surface area contributed by atoms with Crippen LogP contribution in [0.3, 0.4) is 0 Å². The van der Waals surface area contributed by atoms with Crippen molar-refractivity contribution in [1.29, 1.82) is 0 Å². The Morgan fingerprint density at radius 3 is 3.00 bits per heavy atom. The number of nitrogens with zero attached hydrogens (tertiary/aromatic N) is 5. The Bertz CT molecular complexity index is 780. The molecule has 0 spiro atoms. The number of anilines is 1. The van der Waals surface area contributed by atoms with Crippen LogP contribution in [0.2, 0.25) is 0 Å². The number of hydrogen-bond acceptors (Lipinski definition) is 7. The fourth-order valence-electron chi connectivity index (χ4n) is 1.77. The van der Waals surface area contributed by atoms with Gasteiger partial charge in [0.25, 0.3) is 5.56 Å². The van der Waals surface area contributed by atoms with Gasteiger partial charge in [0.15, 0.2) is 0 Å². The molecule has 19 heavy (non-hydrogen) atoms. The van der Waals surface area contributed by atoms with Crippen molar-refractivity contribution in [3.05, 3.63) is 40.3 Å². The van der Waals surface area contributed by atoms with Gasteiger partial charge in [-0.05, 0) is 12.1 Å². The fourth-order valence-corrected chi connectivity index (χ4v) is 2.29. The van der Waals surface area contributed by atoms with Gasteiger partial charge in [-0.1, -0.05) is 21.8 Å². The van der Waals surface area contributed by atoms with Gasteiger partial charge in [0.2, 0.25) is 0 Å². The van der Waals surface area contributed by atoms with E-state index in [2.05, 4.69) is 25.2 Å². The van der Waals surface area contributed by atoms with E-state index in [1.54, 1.807) is 25.2 Å². The van der Waals surface area contributed by atoms with Crippen molar-refractivity contribution in [2.45, 2.75) is 6.54 Å². The van der Waals surface area contributed by atoms with Crippen LogP contribution in [0, 0.1) is 0 Å². The van der Waals surface area contributed by atoms with Crippen LogP contribution in [-0.4, -0.2) is 31.6 Å². The fraction of sp³-hybridized carbons (Fsp3) is 0.182. The van der Waals surface area contributed by atoms with Crippen molar-refractivity contribution >= 4 is 27.4 Å². The third-order valence-electron chi connectivity index (χ3n) is 2.71. The minimum atomic E-state index is -0.180. The van der Waals surface area contributed by atoms with Gasteiger partial charge in [-0.25, -0.2) is 4.68 Å². The second-order valence-electron chi connectivity index (χ2n) is 3.87. The quantitative estimate of drug-likeness (QED) is 0.758. The highest BCUT2D eigenvalue weighted by Crippen LogP contribution is 2.16. The highest BCUT2D eigenvalue weighted by molar-refractivity contribution is 7.10. The molecular weight excluding hydrogens is 264 g/mol. The van der Waals surface area contributed by atoms with E-state index in [1.165, 1.54) is 16.2 Å². The molecule has 0 aliphatic rings. The van der Waals surface area contributed by atoms with Crippen molar-refractivity contribution in [1.82, 2.24) is 24.6 Å². The number of fused-ring (bicyclic) bond motifs is 1. The Labute approximate surface area is 112 Å². The lowest BCUT2D eigenvalue weighted by Crippen LogP contribution is -2.25. The first kappa shape index (κ1) is 11.7. The van der Waals surface area contributed by atoms with Crippen molar-refractivity contribution in [3.8, 4) is 0 Å². The minimum absolute atomic E-state index is 0.180. The summed E-state index contributed by atoms with van der Waals surface area (Å²) in [6, 6.07) is 7.13. The molecule has 0 fully saturated rings. The van der Waals surface area contributed by atoms with Crippen LogP contribution in [0.4, 0.5) is 5.00 Å². The Kier molecular flexibility index (Phi) is 2.92. The average Bonchev–Trinajstić information content (AvgIpc) is 2.89. The Balaban J connectivity index is 2.07. The van der Waals surface area contributed by atoms with Gasteiger partial charge in [-0.15, -0.1) is 10.2 Å². The molecule has 96 valence electrons. The third-order valence-corrected chi connectivity index (χ3v) is 3.50. The summed E-state index contributed by atoms with van der Waals surface area (Å²) in [7, 11) is 1.79. The SMILES string of the molecule is CNc1snnc1Cn1nnc2ccccc2c1=O. The number of benzene rings is 1. The van der Waals surface area contributed by atoms with E-state index in [4.69, 9.17) is 0 Å². The summed E-state index contributed by atoms with van der Waals surface area (Å²) in [6.45, 7) is 0.253. The molecular formula is C11H10N6OS. The molecule has 0 aliphatic carbocycles. The van der Waals surface area contributed by atoms with Crippen molar-refractivity contribution in [3.63, 3.8) is 0 Å². The molecule has 0 bridgehead atoms. The molecule has 0 unspecified atom stereocenters. The lowest BCUT2D eigenvalue weighted by Gasteiger charge is -2.03. The molecule has 3 rings (SSSR count). The molecule has 3 aromatic rings. The maximum atomic E-state index is 12.2. The number of hydrogen-bond donors (Lipinski definition) is 1. The van der Waals surface area contributed by atoms with E-state index in [9.17, 15) is 4.79 Å². The molecule has 2 aromatic heterocycles. The largest absolute Gasteiger partial charge is 0.377 e. The van der Waals surface area contributed by atoms with Crippen LogP contribution < -0.4 is 10.9 Å². The molecule has 0 amide bonds. The second kappa shape index (κ2) is 4.73. The molecule has 0 aliphatic heterocycles. The van der Waals surface area contributed by atoms with Gasteiger partial charge in [0.1, 0.15) is 16.2 Å². The number of nitrogens with one attached hydrogen (secondary N) is 1. The first-order valence-electron chi connectivity index (χ1n) is 5.61. The van der Waals surface area contributed by atoms with Gasteiger partial charge in [-0.3, -0.25) is 4.79 Å². The third kappa shape index (κ3) is 2.06. The standard InChI is InChI=1S/C11H10N6OS/c1-12-10-9(14-16-19-10)6-17-11(18)7-4-2-3-5-8(7)13-15-17/h2-5,12H,6H2,1H3. The normalized spacial score (nSPS) is 10.8. The van der Waals surface area contributed by atoms with Crippen LogP contribution in [0.5, 0.6) is 0 Å². The van der Waals surface area contributed by atoms with E-state index in [-0.39, 0.29) is 12.1 Å². The summed E-state index contributed by atoms with van der Waals surface area (Å²) in [5.41, 5.74) is 1.09. The summed E-state index contributed by atoms with van der Waals surface area (Å²) in [5, 5.41) is 16.3. The summed E-state index contributed by atoms with van der Waals surface area (Å²) >= 11 is 1.24. The summed E-state index contributed by atoms with van der Waals surface area (Å²) in [5.74, 6) is 0. The molecule has 0 atom stereocenters. The molecule has 7 nitrogen and oxygen atoms in total. The van der Waals surface area contributed by atoms with E-state index < -0.39 is 0 Å². The second-order valence-corrected chi connectivity index (χ2v) is 4.62. The molecule has 0 radical (unpaired) electrons. The first-order valence-corrected chi connectivity index (χ1v) is 6.38. The maximum Gasteiger partial charge on any atom is 0.277 e. The van der Waals surface area contributed by atoms with Crippen molar-refractivity contribution in [2.24, 2.45) is 0 Å². The maximum absolute atomic E-state index is 12.2. The van der Waals surface area contributed by atoms with E-state index in [0.717, 1.165) is 5.00 Å². The average molecular weight is 274 g/mol. The minimum Gasteiger partial charge on any atom is -0.377 e. The van der Waals surface area contributed by atoms with Crippen LogP contribution >= 0.6 is 11.5 Å². The van der Waals surface area contributed by atoms with Crippen LogP contribution in [-0.2, 0) is 6.54 Å². The molecule has 0 saturated carbocycles. The predicted molar refractivity (Wildman–Crippen MR) is 72.4 cm³/mol. The highest BCUT2D eigenvalue weighted by atomic mass is 32.1. The summed E-state index contributed by atoms with van der Waals surface area (Å²) < 4.78 is 5.14. The zero-order chi connectivity index (χ0) is 13.2. The van der Waals surface area contributed by atoms with Gasteiger partial charge in [-0.2, -0.15) is 0 Å². The Hall–Kier alpha value is -2.35. The number of rotatable bonds is 3. The van der Waals surface area contributed by atoms with Crippen LogP contribution in [0.1, 0.15) is 5.69 Å². The lowest BCUT2D eigenvalue weighted by molar-refractivity contribution is 0.592. The topological polar surface area (TPSA) is 85.6 Å². The molecule has 1 aromatic carbocycles. The molecule has 1 N–H and O–H groups in total. The predicted octanol–water partition coefficient (Wildman–Crippen LogP) is 0.733. The van der Waals surface area contributed by atoms with E-state index in [1.807, 2.05) is 6.07 Å². The van der Waals surface area contributed by atoms with Crippen molar-refractivity contribution < 1.29 is 0 Å². The monoisotopic (exact) mass is 274 g/mol. The first-order chi connectivity index (χ1) is 9.29. The molecule has 0 saturated heterocycles. The smallest absolute Gasteiger partial charge is 0.277 e. The van der Waals surface area contributed by atoms with Gasteiger partial charge in [0, 0.05) is 18.6 Å². The van der Waals surface area contributed by atoms with Gasteiger partial charge >= 0.3 is 0 Å². The Morgan fingerprint density at radius 1 is 1.32 bits per heavy atom. The van der Waals surface area contributed by atoms with Gasteiger partial charge < -0.3 is 5.32 Å². The van der Waals surface area contributed by atoms with Crippen LogP contribution in [0.15, 0.2) is 29.1 Å². The van der Waals surface area contributed by atoms with E-state index >= 15 is 0 Å². The van der Waals surface area contributed by atoms with E-state index in [0.29, 0.717) is 16.6 Å². The zero-order valence-electron chi connectivity index (χ0n) is 10.1. The number of aromatic nitrogens is 5. The zero-order valence-corrected chi connectivity index (χ0v) is 10.9. The Morgan fingerprint density at radius 2 is 2.16 bits per heavy atom. The van der Waals surface area contributed by atoms with Crippen LogP contribution in [0.25, 0.3) is 10.9 Å². The summed E-state index contributed by atoms with van der Waals surface area (Å²) in [4.78, 5) is 12.2. The van der Waals surface area contributed by atoms with Gasteiger partial charge in [0.05, 0.1) is 11.9 Å². The lowest BCUT2D eigenvalue weighted by atomic mass is 10.2. The molecule has 8 heteroatoms. The van der Waals surface area contributed by atoms with Crippen molar-refractivity contribution in [2.75, 3.05) is 12.4 Å². The molecule has 2 heterocycles.